The topological polar surface area (TPSA) is 61.7 Å². The molecule has 0 aliphatic carbocycles. The normalized spacial score (nSPS) is 12.3. The molecule has 0 radical (unpaired) electrons. The van der Waals surface area contributed by atoms with E-state index in [1.807, 2.05) is 31.2 Å². The highest BCUT2D eigenvalue weighted by molar-refractivity contribution is 5.27. The zero-order valence-corrected chi connectivity index (χ0v) is 12.3. The van der Waals surface area contributed by atoms with E-state index in [9.17, 15) is 5.11 Å². The Hall–Kier alpha value is -1.10. The van der Waals surface area contributed by atoms with Gasteiger partial charge in [-0.1, -0.05) is 25.0 Å². The van der Waals surface area contributed by atoms with Crippen LogP contribution in [0, 0.1) is 6.92 Å². The summed E-state index contributed by atoms with van der Waals surface area (Å²) in [5.74, 6) is 0.799. The maximum atomic E-state index is 9.80. The van der Waals surface area contributed by atoms with Crippen LogP contribution in [0.5, 0.6) is 5.75 Å². The van der Waals surface area contributed by atoms with Crippen molar-refractivity contribution in [3.05, 3.63) is 29.8 Å². The molecule has 1 aromatic rings. The molecule has 1 unspecified atom stereocenters. The van der Waals surface area contributed by atoms with Gasteiger partial charge >= 0.3 is 0 Å². The summed E-state index contributed by atoms with van der Waals surface area (Å²) in [6.07, 6.45) is 3.65. The number of aliphatic hydroxyl groups excluding tert-OH is 2. The van der Waals surface area contributed by atoms with E-state index in [4.69, 9.17) is 9.84 Å². The van der Waals surface area contributed by atoms with Crippen LogP contribution in [0.2, 0.25) is 0 Å². The maximum Gasteiger partial charge on any atom is 0.119 e. The Morgan fingerprint density at radius 1 is 1.20 bits per heavy atom. The third-order valence-corrected chi connectivity index (χ3v) is 3.07. The molecule has 20 heavy (non-hydrogen) atoms. The van der Waals surface area contributed by atoms with E-state index in [-0.39, 0.29) is 6.61 Å². The molecule has 0 fully saturated rings. The maximum absolute atomic E-state index is 9.80. The second kappa shape index (κ2) is 10.7. The second-order valence-corrected chi connectivity index (χ2v) is 5.12. The molecule has 0 bridgehead atoms. The molecule has 4 nitrogen and oxygen atoms in total. The van der Waals surface area contributed by atoms with Crippen LogP contribution in [-0.4, -0.2) is 42.6 Å². The highest BCUT2D eigenvalue weighted by Gasteiger charge is 2.04. The average Bonchev–Trinajstić information content (AvgIpc) is 2.44. The van der Waals surface area contributed by atoms with E-state index in [0.29, 0.717) is 13.2 Å². The Kier molecular flexibility index (Phi) is 9.04. The molecule has 1 atom stereocenters. The van der Waals surface area contributed by atoms with Crippen LogP contribution in [0.15, 0.2) is 24.3 Å². The molecule has 0 saturated carbocycles. The van der Waals surface area contributed by atoms with E-state index in [0.717, 1.165) is 43.5 Å². The minimum absolute atomic E-state index is 0.280. The van der Waals surface area contributed by atoms with E-state index in [2.05, 4.69) is 5.32 Å². The minimum atomic E-state index is -0.493. The Morgan fingerprint density at radius 3 is 2.75 bits per heavy atom. The van der Waals surface area contributed by atoms with Gasteiger partial charge in [-0.15, -0.1) is 0 Å². The van der Waals surface area contributed by atoms with Crippen molar-refractivity contribution in [3.63, 3.8) is 0 Å². The highest BCUT2D eigenvalue weighted by atomic mass is 16.5. The fourth-order valence-corrected chi connectivity index (χ4v) is 1.94. The second-order valence-electron chi connectivity index (χ2n) is 5.12. The van der Waals surface area contributed by atoms with Crippen LogP contribution in [0.25, 0.3) is 0 Å². The molecule has 0 saturated heterocycles. The summed E-state index contributed by atoms with van der Waals surface area (Å²) in [7, 11) is 0. The van der Waals surface area contributed by atoms with Crippen molar-refractivity contribution >= 4 is 0 Å². The van der Waals surface area contributed by atoms with Crippen molar-refractivity contribution in [2.24, 2.45) is 0 Å². The quantitative estimate of drug-likeness (QED) is 0.542. The summed E-state index contributed by atoms with van der Waals surface area (Å²) < 4.78 is 5.54. The molecule has 0 spiro atoms. The monoisotopic (exact) mass is 281 g/mol. The van der Waals surface area contributed by atoms with Gasteiger partial charge in [-0.2, -0.15) is 0 Å². The Morgan fingerprint density at radius 2 is 2.00 bits per heavy atom. The molecule has 0 aliphatic rings. The van der Waals surface area contributed by atoms with E-state index < -0.39 is 6.10 Å². The van der Waals surface area contributed by atoms with Gasteiger partial charge in [0, 0.05) is 13.2 Å². The highest BCUT2D eigenvalue weighted by Crippen LogP contribution is 2.12. The van der Waals surface area contributed by atoms with Crippen LogP contribution < -0.4 is 10.1 Å². The summed E-state index contributed by atoms with van der Waals surface area (Å²) in [5.41, 5.74) is 1.15. The smallest absolute Gasteiger partial charge is 0.119 e. The molecule has 0 heterocycles. The van der Waals surface area contributed by atoms with E-state index in [1.165, 1.54) is 0 Å². The Balaban J connectivity index is 2.01. The average molecular weight is 281 g/mol. The number of hydrogen-bond donors (Lipinski definition) is 3. The zero-order chi connectivity index (χ0) is 14.6. The lowest BCUT2D eigenvalue weighted by Gasteiger charge is -2.13. The number of hydrogen-bond acceptors (Lipinski definition) is 4. The van der Waals surface area contributed by atoms with Crippen molar-refractivity contribution in [3.8, 4) is 5.75 Å². The number of ether oxygens (including phenoxy) is 1. The van der Waals surface area contributed by atoms with Crippen molar-refractivity contribution in [2.75, 3.05) is 26.3 Å². The van der Waals surface area contributed by atoms with Crippen LogP contribution in [0.4, 0.5) is 0 Å². The largest absolute Gasteiger partial charge is 0.491 e. The first kappa shape index (κ1) is 17.0. The summed E-state index contributed by atoms with van der Waals surface area (Å²) >= 11 is 0. The van der Waals surface area contributed by atoms with Gasteiger partial charge in [0.05, 0.1) is 0 Å². The van der Waals surface area contributed by atoms with E-state index in [1.54, 1.807) is 0 Å². The number of unbranched alkanes of at least 4 members (excludes halogenated alkanes) is 3. The molecule has 1 rings (SSSR count). The molecule has 0 aromatic heterocycles. The number of aryl methyl sites for hydroxylation is 1. The first-order valence-corrected chi connectivity index (χ1v) is 7.41. The van der Waals surface area contributed by atoms with Crippen molar-refractivity contribution < 1.29 is 14.9 Å². The molecular weight excluding hydrogens is 254 g/mol. The van der Waals surface area contributed by atoms with Gasteiger partial charge in [-0.05, 0) is 44.0 Å². The summed E-state index contributed by atoms with van der Waals surface area (Å²) in [4.78, 5) is 0. The van der Waals surface area contributed by atoms with Crippen molar-refractivity contribution in [1.29, 1.82) is 0 Å². The Bertz CT molecular complexity index is 357. The lowest BCUT2D eigenvalue weighted by Crippen LogP contribution is -2.32. The van der Waals surface area contributed by atoms with Crippen molar-refractivity contribution in [2.45, 2.75) is 38.7 Å². The van der Waals surface area contributed by atoms with Gasteiger partial charge < -0.3 is 20.3 Å². The molecule has 114 valence electrons. The molecule has 0 amide bonds. The minimum Gasteiger partial charge on any atom is -0.491 e. The van der Waals surface area contributed by atoms with Crippen LogP contribution in [0.3, 0.4) is 0 Å². The van der Waals surface area contributed by atoms with Crippen molar-refractivity contribution in [1.82, 2.24) is 5.32 Å². The van der Waals surface area contributed by atoms with Gasteiger partial charge in [0.25, 0.3) is 0 Å². The number of rotatable bonds is 11. The lowest BCUT2D eigenvalue weighted by molar-refractivity contribution is 0.106. The van der Waals surface area contributed by atoms with Gasteiger partial charge in [0.15, 0.2) is 0 Å². The fourth-order valence-electron chi connectivity index (χ4n) is 1.94. The predicted molar refractivity (Wildman–Crippen MR) is 81.1 cm³/mol. The molecule has 3 N–H and O–H groups in total. The summed E-state index contributed by atoms with van der Waals surface area (Å²) in [6, 6.07) is 7.82. The zero-order valence-electron chi connectivity index (χ0n) is 12.3. The van der Waals surface area contributed by atoms with Crippen LogP contribution in [0.1, 0.15) is 31.2 Å². The molecule has 1 aromatic carbocycles. The summed E-state index contributed by atoms with van der Waals surface area (Å²) in [6.45, 7) is 4.05. The Labute approximate surface area is 121 Å². The van der Waals surface area contributed by atoms with Crippen LogP contribution in [-0.2, 0) is 0 Å². The molecule has 4 heteroatoms. The molecule has 0 aliphatic heterocycles. The number of nitrogens with one attached hydrogen (secondary N) is 1. The third kappa shape index (κ3) is 8.15. The number of benzene rings is 1. The van der Waals surface area contributed by atoms with Gasteiger partial charge in [0.1, 0.15) is 18.5 Å². The molecular formula is C16H27NO3. The van der Waals surface area contributed by atoms with Crippen LogP contribution >= 0.6 is 0 Å². The lowest BCUT2D eigenvalue weighted by atomic mass is 10.2. The standard InChI is InChI=1S/C16H27NO3/c1-14-7-6-8-16(11-14)20-13-15(19)12-17-9-4-2-3-5-10-18/h6-8,11,15,17-19H,2-5,9-10,12-13H2,1H3. The number of aliphatic hydroxyl groups is 2. The fraction of sp³-hybridized carbons (Fsp3) is 0.625. The van der Waals surface area contributed by atoms with Gasteiger partial charge in [-0.3, -0.25) is 0 Å². The van der Waals surface area contributed by atoms with Gasteiger partial charge in [0.2, 0.25) is 0 Å². The third-order valence-electron chi connectivity index (χ3n) is 3.07. The van der Waals surface area contributed by atoms with E-state index >= 15 is 0 Å². The summed E-state index contributed by atoms with van der Waals surface area (Å²) in [5, 5.41) is 21.7. The first-order chi connectivity index (χ1) is 9.72. The predicted octanol–water partition coefficient (Wildman–Crippen LogP) is 1.88. The SMILES string of the molecule is Cc1cccc(OCC(O)CNCCCCCCO)c1. The van der Waals surface area contributed by atoms with Gasteiger partial charge in [-0.25, -0.2) is 0 Å². The first-order valence-electron chi connectivity index (χ1n) is 7.41.